The molecular formula is C13H13NS. The Bertz CT molecular complexity index is 448. The first-order valence-electron chi connectivity index (χ1n) is 4.86. The largest absolute Gasteiger partial charge is 0.261 e. The average Bonchev–Trinajstić information content (AvgIpc) is 2.30. The van der Waals surface area contributed by atoms with Crippen LogP contribution in [0.2, 0.25) is 0 Å². The van der Waals surface area contributed by atoms with Crippen LogP contribution in [0.25, 0.3) is 11.1 Å². The number of nitrogens with zero attached hydrogens (tertiary/aromatic N) is 1. The zero-order chi connectivity index (χ0) is 10.7. The predicted molar refractivity (Wildman–Crippen MR) is 66.2 cm³/mol. The maximum absolute atomic E-state index is 4.30. The molecule has 1 heterocycles. The Morgan fingerprint density at radius 3 is 2.60 bits per heavy atom. The van der Waals surface area contributed by atoms with Gasteiger partial charge in [-0.2, -0.15) is 0 Å². The topological polar surface area (TPSA) is 12.9 Å². The van der Waals surface area contributed by atoms with E-state index in [4.69, 9.17) is 0 Å². The molecule has 0 saturated heterocycles. The highest BCUT2D eigenvalue weighted by atomic mass is 32.2. The molecule has 0 bridgehead atoms. The summed E-state index contributed by atoms with van der Waals surface area (Å²) in [6.07, 6.45) is 4.02. The van der Waals surface area contributed by atoms with Crippen LogP contribution in [0.1, 0.15) is 5.69 Å². The third-order valence-corrected chi connectivity index (χ3v) is 3.04. The van der Waals surface area contributed by atoms with E-state index in [1.54, 1.807) is 11.8 Å². The van der Waals surface area contributed by atoms with Crippen LogP contribution in [0.3, 0.4) is 0 Å². The third-order valence-electron chi connectivity index (χ3n) is 2.31. The fourth-order valence-electron chi connectivity index (χ4n) is 1.44. The molecule has 0 aliphatic carbocycles. The molecule has 0 radical (unpaired) electrons. The van der Waals surface area contributed by atoms with Gasteiger partial charge in [0.25, 0.3) is 0 Å². The van der Waals surface area contributed by atoms with Crippen LogP contribution in [0.5, 0.6) is 0 Å². The van der Waals surface area contributed by atoms with Crippen molar-refractivity contribution in [1.82, 2.24) is 4.98 Å². The molecule has 0 saturated carbocycles. The highest BCUT2D eigenvalue weighted by Crippen LogP contribution is 2.23. The molecule has 76 valence electrons. The standard InChI is InChI=1S/C13H13NS/c1-10-6-7-12(9-14-10)11-4-3-5-13(8-11)15-2/h3-9H,1-2H3. The molecule has 0 aliphatic heterocycles. The third kappa shape index (κ3) is 2.39. The van der Waals surface area contributed by atoms with E-state index < -0.39 is 0 Å². The minimum atomic E-state index is 1.06. The van der Waals surface area contributed by atoms with Crippen molar-refractivity contribution in [2.45, 2.75) is 11.8 Å². The number of rotatable bonds is 2. The summed E-state index contributed by atoms with van der Waals surface area (Å²) in [6.45, 7) is 2.00. The van der Waals surface area contributed by atoms with Crippen LogP contribution < -0.4 is 0 Å². The summed E-state index contributed by atoms with van der Waals surface area (Å²) in [5.41, 5.74) is 3.46. The van der Waals surface area contributed by atoms with Gasteiger partial charge in [-0.05, 0) is 36.9 Å². The highest BCUT2D eigenvalue weighted by molar-refractivity contribution is 7.98. The van der Waals surface area contributed by atoms with Gasteiger partial charge in [-0.15, -0.1) is 11.8 Å². The lowest BCUT2D eigenvalue weighted by molar-refractivity contribution is 1.20. The van der Waals surface area contributed by atoms with Crippen LogP contribution in [0, 0.1) is 6.92 Å². The fraction of sp³-hybridized carbons (Fsp3) is 0.154. The van der Waals surface area contributed by atoms with E-state index in [-0.39, 0.29) is 0 Å². The monoisotopic (exact) mass is 215 g/mol. The van der Waals surface area contributed by atoms with Crippen LogP contribution in [0.4, 0.5) is 0 Å². The van der Waals surface area contributed by atoms with Gasteiger partial charge in [0.2, 0.25) is 0 Å². The lowest BCUT2D eigenvalue weighted by atomic mass is 10.1. The maximum Gasteiger partial charge on any atom is 0.0373 e. The van der Waals surface area contributed by atoms with Crippen molar-refractivity contribution < 1.29 is 0 Å². The Balaban J connectivity index is 2.40. The fourth-order valence-corrected chi connectivity index (χ4v) is 1.90. The number of pyridine rings is 1. The summed E-state index contributed by atoms with van der Waals surface area (Å²) in [4.78, 5) is 5.59. The van der Waals surface area contributed by atoms with Crippen LogP contribution in [-0.2, 0) is 0 Å². The van der Waals surface area contributed by atoms with Gasteiger partial charge >= 0.3 is 0 Å². The van der Waals surface area contributed by atoms with Crippen molar-refractivity contribution >= 4 is 11.8 Å². The minimum Gasteiger partial charge on any atom is -0.261 e. The summed E-state index contributed by atoms with van der Waals surface area (Å²) >= 11 is 1.76. The molecule has 0 aliphatic rings. The first-order valence-corrected chi connectivity index (χ1v) is 6.09. The van der Waals surface area contributed by atoms with Gasteiger partial charge in [-0.3, -0.25) is 4.98 Å². The molecule has 2 heteroatoms. The van der Waals surface area contributed by atoms with Crippen molar-refractivity contribution in [2.24, 2.45) is 0 Å². The number of thioether (sulfide) groups is 1. The molecule has 0 fully saturated rings. The smallest absolute Gasteiger partial charge is 0.0373 e. The minimum absolute atomic E-state index is 1.06. The second-order valence-electron chi connectivity index (χ2n) is 3.42. The maximum atomic E-state index is 4.30. The lowest BCUT2D eigenvalue weighted by Crippen LogP contribution is -1.83. The van der Waals surface area contributed by atoms with E-state index >= 15 is 0 Å². The van der Waals surface area contributed by atoms with E-state index in [2.05, 4.69) is 41.6 Å². The zero-order valence-corrected chi connectivity index (χ0v) is 9.71. The normalized spacial score (nSPS) is 10.3. The average molecular weight is 215 g/mol. The van der Waals surface area contributed by atoms with Gasteiger partial charge in [-0.1, -0.05) is 18.2 Å². The molecular weight excluding hydrogens is 202 g/mol. The van der Waals surface area contributed by atoms with E-state index in [0.29, 0.717) is 0 Å². The summed E-state index contributed by atoms with van der Waals surface area (Å²) in [5, 5.41) is 0. The second-order valence-corrected chi connectivity index (χ2v) is 4.30. The molecule has 2 aromatic rings. The molecule has 0 N–H and O–H groups in total. The Hall–Kier alpha value is -1.28. The summed E-state index contributed by atoms with van der Waals surface area (Å²) < 4.78 is 0. The van der Waals surface area contributed by atoms with Crippen molar-refractivity contribution in [3.8, 4) is 11.1 Å². The quantitative estimate of drug-likeness (QED) is 0.707. The second kappa shape index (κ2) is 4.49. The molecule has 0 spiro atoms. The van der Waals surface area contributed by atoms with Crippen LogP contribution >= 0.6 is 11.8 Å². The number of hydrogen-bond donors (Lipinski definition) is 0. The number of aryl methyl sites for hydroxylation is 1. The molecule has 1 aromatic heterocycles. The number of benzene rings is 1. The van der Waals surface area contributed by atoms with Gasteiger partial charge in [0.05, 0.1) is 0 Å². The lowest BCUT2D eigenvalue weighted by Gasteiger charge is -2.03. The Morgan fingerprint density at radius 1 is 1.07 bits per heavy atom. The van der Waals surface area contributed by atoms with Crippen molar-refractivity contribution in [1.29, 1.82) is 0 Å². The Kier molecular flexibility index (Phi) is 3.07. The molecule has 1 aromatic carbocycles. The Morgan fingerprint density at radius 2 is 1.93 bits per heavy atom. The molecule has 15 heavy (non-hydrogen) atoms. The van der Waals surface area contributed by atoms with Gasteiger partial charge in [-0.25, -0.2) is 0 Å². The summed E-state index contributed by atoms with van der Waals surface area (Å²) in [5.74, 6) is 0. The predicted octanol–water partition coefficient (Wildman–Crippen LogP) is 3.78. The van der Waals surface area contributed by atoms with E-state index in [9.17, 15) is 0 Å². The first-order chi connectivity index (χ1) is 7.29. The summed E-state index contributed by atoms with van der Waals surface area (Å²) in [7, 11) is 0. The molecule has 0 unspecified atom stereocenters. The number of hydrogen-bond acceptors (Lipinski definition) is 2. The molecule has 2 rings (SSSR count). The molecule has 0 atom stereocenters. The van der Waals surface area contributed by atoms with Crippen molar-refractivity contribution in [3.63, 3.8) is 0 Å². The van der Waals surface area contributed by atoms with Crippen LogP contribution in [-0.4, -0.2) is 11.2 Å². The SMILES string of the molecule is CSc1cccc(-c2ccc(C)nc2)c1. The van der Waals surface area contributed by atoms with Crippen molar-refractivity contribution in [3.05, 3.63) is 48.3 Å². The summed E-state index contributed by atoms with van der Waals surface area (Å²) in [6, 6.07) is 12.7. The highest BCUT2D eigenvalue weighted by Gasteiger charge is 1.98. The van der Waals surface area contributed by atoms with E-state index in [1.165, 1.54) is 16.0 Å². The molecule has 0 amide bonds. The zero-order valence-electron chi connectivity index (χ0n) is 8.90. The molecule has 1 nitrogen and oxygen atoms in total. The van der Waals surface area contributed by atoms with Crippen LogP contribution in [0.15, 0.2) is 47.5 Å². The Labute approximate surface area is 94.6 Å². The number of aromatic nitrogens is 1. The van der Waals surface area contributed by atoms with Crippen molar-refractivity contribution in [2.75, 3.05) is 6.26 Å². The van der Waals surface area contributed by atoms with Gasteiger partial charge in [0.15, 0.2) is 0 Å². The van der Waals surface area contributed by atoms with E-state index in [1.807, 2.05) is 19.2 Å². The first kappa shape index (κ1) is 10.2. The van der Waals surface area contributed by atoms with Gasteiger partial charge in [0.1, 0.15) is 0 Å². The van der Waals surface area contributed by atoms with Gasteiger partial charge in [0, 0.05) is 22.3 Å². The van der Waals surface area contributed by atoms with Gasteiger partial charge < -0.3 is 0 Å². The van der Waals surface area contributed by atoms with E-state index in [0.717, 1.165) is 5.69 Å².